The van der Waals surface area contributed by atoms with Gasteiger partial charge in [-0.1, -0.05) is 15.9 Å². The Balaban J connectivity index is 3.28. The average molecular weight is 305 g/mol. The van der Waals surface area contributed by atoms with Crippen molar-refractivity contribution in [2.45, 2.75) is 6.43 Å². The van der Waals surface area contributed by atoms with Crippen molar-refractivity contribution in [3.8, 4) is 0 Å². The van der Waals surface area contributed by atoms with E-state index in [9.17, 15) is 13.2 Å². The molecular formula is C6H2Br2F3N. The third-order valence-electron chi connectivity index (χ3n) is 1.15. The Hall–Kier alpha value is -0.100. The standard InChI is InChI=1S/C6H2Br2F3N/c7-2-1-3(8)12-6(11)4(2)5(9)10/h1,5H. The summed E-state index contributed by atoms with van der Waals surface area (Å²) in [6.45, 7) is 0. The van der Waals surface area contributed by atoms with Crippen LogP contribution in [0.1, 0.15) is 12.0 Å². The molecule has 6 heteroatoms. The van der Waals surface area contributed by atoms with Crippen molar-refractivity contribution >= 4 is 31.9 Å². The maximum atomic E-state index is 12.7. The highest BCUT2D eigenvalue weighted by Gasteiger charge is 2.18. The van der Waals surface area contributed by atoms with Gasteiger partial charge in [-0.05, 0) is 22.0 Å². The van der Waals surface area contributed by atoms with Gasteiger partial charge in [-0.2, -0.15) is 4.39 Å². The van der Waals surface area contributed by atoms with Crippen LogP contribution in [0.4, 0.5) is 13.2 Å². The first-order valence-electron chi connectivity index (χ1n) is 2.82. The minimum atomic E-state index is -2.86. The fourth-order valence-corrected chi connectivity index (χ4v) is 1.91. The molecule has 0 spiro atoms. The van der Waals surface area contributed by atoms with E-state index in [1.54, 1.807) is 0 Å². The van der Waals surface area contributed by atoms with Gasteiger partial charge >= 0.3 is 0 Å². The van der Waals surface area contributed by atoms with Crippen LogP contribution in [0.25, 0.3) is 0 Å². The summed E-state index contributed by atoms with van der Waals surface area (Å²) in [7, 11) is 0. The largest absolute Gasteiger partial charge is 0.269 e. The second-order valence-electron chi connectivity index (χ2n) is 1.93. The Morgan fingerprint density at radius 2 is 1.92 bits per heavy atom. The Morgan fingerprint density at radius 1 is 1.33 bits per heavy atom. The van der Waals surface area contributed by atoms with Crippen molar-refractivity contribution in [1.29, 1.82) is 0 Å². The van der Waals surface area contributed by atoms with Gasteiger partial charge in [0.2, 0.25) is 5.95 Å². The van der Waals surface area contributed by atoms with Crippen molar-refractivity contribution < 1.29 is 13.2 Å². The minimum absolute atomic E-state index is 0.0110. The second-order valence-corrected chi connectivity index (χ2v) is 3.60. The van der Waals surface area contributed by atoms with Gasteiger partial charge in [0, 0.05) is 4.47 Å². The van der Waals surface area contributed by atoms with Crippen molar-refractivity contribution in [3.63, 3.8) is 0 Å². The molecule has 1 aromatic heterocycles. The predicted octanol–water partition coefficient (Wildman–Crippen LogP) is 3.68. The summed E-state index contributed by atoms with van der Waals surface area (Å²) < 4.78 is 37.1. The summed E-state index contributed by atoms with van der Waals surface area (Å²) in [5, 5.41) is 0. The number of hydrogen-bond acceptors (Lipinski definition) is 1. The zero-order valence-electron chi connectivity index (χ0n) is 5.49. The Labute approximate surface area is 83.2 Å². The van der Waals surface area contributed by atoms with Gasteiger partial charge in [0.15, 0.2) is 0 Å². The Bertz CT molecular complexity index is 280. The molecule has 12 heavy (non-hydrogen) atoms. The lowest BCUT2D eigenvalue weighted by Gasteiger charge is -2.03. The zero-order chi connectivity index (χ0) is 9.30. The summed E-state index contributed by atoms with van der Waals surface area (Å²) >= 11 is 5.68. The Kier molecular flexibility index (Phi) is 3.11. The van der Waals surface area contributed by atoms with E-state index < -0.39 is 17.9 Å². The van der Waals surface area contributed by atoms with Crippen molar-refractivity contribution in [2.24, 2.45) is 0 Å². The molecule has 0 saturated carbocycles. The van der Waals surface area contributed by atoms with Crippen LogP contribution in [0, 0.1) is 5.95 Å². The van der Waals surface area contributed by atoms with Crippen LogP contribution >= 0.6 is 31.9 Å². The molecule has 0 aromatic carbocycles. The van der Waals surface area contributed by atoms with E-state index in [2.05, 4.69) is 36.8 Å². The monoisotopic (exact) mass is 303 g/mol. The van der Waals surface area contributed by atoms with Crippen LogP contribution in [0.5, 0.6) is 0 Å². The predicted molar refractivity (Wildman–Crippen MR) is 44.6 cm³/mol. The van der Waals surface area contributed by atoms with Gasteiger partial charge in [0.1, 0.15) is 4.60 Å². The molecule has 0 amide bonds. The van der Waals surface area contributed by atoms with Gasteiger partial charge in [0.25, 0.3) is 6.43 Å². The number of hydrogen-bond donors (Lipinski definition) is 0. The highest BCUT2D eigenvalue weighted by molar-refractivity contribution is 9.11. The first-order valence-corrected chi connectivity index (χ1v) is 4.40. The second kappa shape index (κ2) is 3.74. The first kappa shape index (κ1) is 9.98. The molecule has 66 valence electrons. The molecule has 0 aliphatic carbocycles. The number of nitrogens with zero attached hydrogens (tertiary/aromatic N) is 1. The molecule has 0 radical (unpaired) electrons. The Morgan fingerprint density at radius 3 is 2.33 bits per heavy atom. The van der Waals surface area contributed by atoms with Crippen LogP contribution in [0.2, 0.25) is 0 Å². The molecular weight excluding hydrogens is 303 g/mol. The highest BCUT2D eigenvalue weighted by atomic mass is 79.9. The number of rotatable bonds is 1. The molecule has 0 aliphatic heterocycles. The number of alkyl halides is 2. The van der Waals surface area contributed by atoms with Gasteiger partial charge in [-0.25, -0.2) is 13.8 Å². The molecule has 1 aromatic rings. The van der Waals surface area contributed by atoms with E-state index in [1.807, 2.05) is 0 Å². The van der Waals surface area contributed by atoms with Crippen molar-refractivity contribution in [3.05, 3.63) is 26.7 Å². The molecule has 0 N–H and O–H groups in total. The quantitative estimate of drug-likeness (QED) is 0.721. The van der Waals surface area contributed by atoms with E-state index in [1.165, 1.54) is 6.07 Å². The molecule has 0 fully saturated rings. The molecule has 0 bridgehead atoms. The molecule has 0 unspecified atom stereocenters. The minimum Gasteiger partial charge on any atom is -0.212 e. The van der Waals surface area contributed by atoms with Gasteiger partial charge in [-0.15, -0.1) is 0 Å². The molecule has 0 atom stereocenters. The number of aromatic nitrogens is 1. The number of halogens is 5. The maximum absolute atomic E-state index is 12.7. The summed E-state index contributed by atoms with van der Waals surface area (Å²) in [6, 6.07) is 1.27. The molecule has 1 nitrogen and oxygen atoms in total. The summed E-state index contributed by atoms with van der Waals surface area (Å²) in [5.41, 5.74) is -0.710. The maximum Gasteiger partial charge on any atom is 0.269 e. The van der Waals surface area contributed by atoms with E-state index in [-0.39, 0.29) is 9.08 Å². The lowest BCUT2D eigenvalue weighted by atomic mass is 10.3. The van der Waals surface area contributed by atoms with E-state index in [0.717, 1.165) is 0 Å². The van der Waals surface area contributed by atoms with Crippen LogP contribution in [0.15, 0.2) is 15.1 Å². The van der Waals surface area contributed by atoms with Crippen LogP contribution in [-0.4, -0.2) is 4.98 Å². The van der Waals surface area contributed by atoms with E-state index in [4.69, 9.17) is 0 Å². The molecule has 1 heterocycles. The zero-order valence-corrected chi connectivity index (χ0v) is 8.66. The smallest absolute Gasteiger partial charge is 0.212 e. The normalized spacial score (nSPS) is 10.8. The molecule has 1 rings (SSSR count). The fraction of sp³-hybridized carbons (Fsp3) is 0.167. The van der Waals surface area contributed by atoms with Gasteiger partial charge < -0.3 is 0 Å². The lowest BCUT2D eigenvalue weighted by Crippen LogP contribution is -1.96. The summed E-state index contributed by atoms with van der Waals surface area (Å²) in [6.07, 6.45) is -2.86. The first-order chi connectivity index (χ1) is 5.52. The number of pyridine rings is 1. The highest BCUT2D eigenvalue weighted by Crippen LogP contribution is 2.30. The van der Waals surface area contributed by atoms with Crippen LogP contribution < -0.4 is 0 Å². The van der Waals surface area contributed by atoms with Crippen molar-refractivity contribution in [1.82, 2.24) is 4.98 Å². The lowest BCUT2D eigenvalue weighted by molar-refractivity contribution is 0.144. The van der Waals surface area contributed by atoms with E-state index in [0.29, 0.717) is 0 Å². The topological polar surface area (TPSA) is 12.9 Å². The van der Waals surface area contributed by atoms with Crippen LogP contribution in [0.3, 0.4) is 0 Å². The fourth-order valence-electron chi connectivity index (χ4n) is 0.661. The van der Waals surface area contributed by atoms with Gasteiger partial charge in [-0.3, -0.25) is 0 Å². The molecule has 0 saturated heterocycles. The molecule has 0 aliphatic rings. The van der Waals surface area contributed by atoms with Crippen LogP contribution in [-0.2, 0) is 0 Å². The SMILES string of the molecule is Fc1nc(Br)cc(Br)c1C(F)F. The third-order valence-corrected chi connectivity index (χ3v) is 2.21. The van der Waals surface area contributed by atoms with Gasteiger partial charge in [0.05, 0.1) is 5.56 Å². The van der Waals surface area contributed by atoms with Crippen molar-refractivity contribution in [2.75, 3.05) is 0 Å². The summed E-state index contributed by atoms with van der Waals surface area (Å²) in [5.74, 6) is -1.16. The average Bonchev–Trinajstić information content (AvgIpc) is 1.82. The van der Waals surface area contributed by atoms with E-state index >= 15 is 0 Å². The third kappa shape index (κ3) is 1.98. The summed E-state index contributed by atoms with van der Waals surface area (Å²) in [4.78, 5) is 3.20.